The van der Waals surface area contributed by atoms with Crippen LogP contribution in [0.1, 0.15) is 36.5 Å². The Bertz CT molecular complexity index is 761. The number of halogens is 3. The van der Waals surface area contributed by atoms with E-state index in [0.29, 0.717) is 12.2 Å². The zero-order valence-electron chi connectivity index (χ0n) is 14.3. The Labute approximate surface area is 171 Å². The van der Waals surface area contributed by atoms with Gasteiger partial charge in [0, 0.05) is 16.7 Å². The molecule has 0 aliphatic rings. The van der Waals surface area contributed by atoms with E-state index in [1.807, 2.05) is 24.3 Å². The van der Waals surface area contributed by atoms with Crippen molar-refractivity contribution in [3.8, 4) is 0 Å². The first kappa shape index (κ1) is 20.7. The first-order valence-electron chi connectivity index (χ1n) is 8.26. The number of unbranched alkanes of at least 4 members (excludes halogenated alkanes) is 2. The molecule has 0 unspecified atom stereocenters. The number of urea groups is 1. The summed E-state index contributed by atoms with van der Waals surface area (Å²) in [7, 11) is 0. The Balaban J connectivity index is 2.20. The molecule has 4 nitrogen and oxygen atoms in total. The predicted octanol–water partition coefficient (Wildman–Crippen LogP) is 6.30. The molecule has 26 heavy (non-hydrogen) atoms. The zero-order valence-corrected chi connectivity index (χ0v) is 17.4. The lowest BCUT2D eigenvalue weighted by atomic mass is 10.2. The molecule has 0 aliphatic heterocycles. The second-order valence-corrected chi connectivity index (χ2v) is 7.42. The van der Waals surface area contributed by atoms with E-state index in [0.717, 1.165) is 23.7 Å². The van der Waals surface area contributed by atoms with E-state index in [9.17, 15) is 9.59 Å². The van der Waals surface area contributed by atoms with Crippen molar-refractivity contribution in [1.29, 1.82) is 0 Å². The summed E-state index contributed by atoms with van der Waals surface area (Å²) in [4.78, 5) is 26.8. The van der Waals surface area contributed by atoms with Crippen LogP contribution < -0.4 is 10.2 Å². The molecule has 3 amide bonds. The second kappa shape index (κ2) is 9.95. The van der Waals surface area contributed by atoms with Crippen LogP contribution in [0.2, 0.25) is 10.0 Å². The molecule has 0 saturated carbocycles. The topological polar surface area (TPSA) is 49.4 Å². The molecule has 7 heteroatoms. The third-order valence-electron chi connectivity index (χ3n) is 3.78. The summed E-state index contributed by atoms with van der Waals surface area (Å²) in [6.45, 7) is 2.60. The molecule has 0 fully saturated rings. The van der Waals surface area contributed by atoms with Crippen molar-refractivity contribution in [3.05, 3.63) is 62.5 Å². The normalized spacial score (nSPS) is 10.5. The maximum atomic E-state index is 12.7. The third kappa shape index (κ3) is 5.47. The highest BCUT2D eigenvalue weighted by Crippen LogP contribution is 2.24. The molecular weight excluding hydrogens is 439 g/mol. The Kier molecular flexibility index (Phi) is 7.94. The predicted molar refractivity (Wildman–Crippen MR) is 110 cm³/mol. The van der Waals surface area contributed by atoms with Crippen LogP contribution in [-0.4, -0.2) is 18.5 Å². The number of carbonyl (C=O) groups excluding carboxylic acids is 2. The van der Waals surface area contributed by atoms with Crippen molar-refractivity contribution in [2.24, 2.45) is 0 Å². The minimum absolute atomic E-state index is 0.0912. The SMILES string of the molecule is CCCCCN(C(=O)NC(=O)c1c(Cl)cccc1Cl)c1ccc(Br)cc1. The fraction of sp³-hybridized carbons (Fsp3) is 0.263. The number of benzene rings is 2. The van der Waals surface area contributed by atoms with Gasteiger partial charge in [0.05, 0.1) is 15.6 Å². The molecule has 2 aromatic rings. The summed E-state index contributed by atoms with van der Waals surface area (Å²) >= 11 is 15.5. The molecule has 0 aliphatic carbocycles. The Morgan fingerprint density at radius 1 is 1.04 bits per heavy atom. The highest BCUT2D eigenvalue weighted by Gasteiger charge is 2.21. The van der Waals surface area contributed by atoms with Crippen molar-refractivity contribution in [2.45, 2.75) is 26.2 Å². The van der Waals surface area contributed by atoms with Gasteiger partial charge in [-0.2, -0.15) is 0 Å². The van der Waals surface area contributed by atoms with Crippen molar-refractivity contribution in [2.75, 3.05) is 11.4 Å². The fourth-order valence-corrected chi connectivity index (χ4v) is 3.26. The van der Waals surface area contributed by atoms with Gasteiger partial charge in [-0.3, -0.25) is 15.0 Å². The van der Waals surface area contributed by atoms with E-state index in [1.54, 1.807) is 23.1 Å². The number of hydrogen-bond acceptors (Lipinski definition) is 2. The molecule has 138 valence electrons. The van der Waals surface area contributed by atoms with Crippen LogP contribution in [0.25, 0.3) is 0 Å². The molecule has 0 radical (unpaired) electrons. The van der Waals surface area contributed by atoms with E-state index in [1.165, 1.54) is 0 Å². The van der Waals surface area contributed by atoms with Crippen molar-refractivity contribution in [1.82, 2.24) is 5.32 Å². The summed E-state index contributed by atoms with van der Waals surface area (Å²) < 4.78 is 0.911. The van der Waals surface area contributed by atoms with E-state index >= 15 is 0 Å². The number of anilines is 1. The lowest BCUT2D eigenvalue weighted by Crippen LogP contribution is -2.43. The van der Waals surface area contributed by atoms with Crippen molar-refractivity contribution >= 4 is 56.8 Å². The monoisotopic (exact) mass is 456 g/mol. The van der Waals surface area contributed by atoms with Crippen LogP contribution in [0.5, 0.6) is 0 Å². The number of amides is 3. The van der Waals surface area contributed by atoms with Gasteiger partial charge in [-0.25, -0.2) is 4.79 Å². The Morgan fingerprint density at radius 3 is 2.23 bits per heavy atom. The van der Waals surface area contributed by atoms with Crippen LogP contribution in [0.4, 0.5) is 10.5 Å². The standard InChI is InChI=1S/C19H19BrCl2N2O2/c1-2-3-4-12-24(14-10-8-13(20)9-11-14)19(26)23-18(25)17-15(21)6-5-7-16(17)22/h5-11H,2-4,12H2,1H3,(H,23,25,26). The molecule has 2 aromatic carbocycles. The van der Waals surface area contributed by atoms with Crippen LogP contribution in [0.3, 0.4) is 0 Å². The lowest BCUT2D eigenvalue weighted by Gasteiger charge is -2.23. The Hall–Kier alpha value is -1.56. The van der Waals surface area contributed by atoms with Crippen LogP contribution in [-0.2, 0) is 0 Å². The van der Waals surface area contributed by atoms with Gasteiger partial charge in [-0.05, 0) is 42.8 Å². The van der Waals surface area contributed by atoms with E-state index in [4.69, 9.17) is 23.2 Å². The highest BCUT2D eigenvalue weighted by atomic mass is 79.9. The summed E-state index contributed by atoms with van der Waals surface area (Å²) in [5.74, 6) is -0.622. The number of nitrogens with zero attached hydrogens (tertiary/aromatic N) is 1. The summed E-state index contributed by atoms with van der Waals surface area (Å²) in [5, 5.41) is 2.78. The van der Waals surface area contributed by atoms with E-state index < -0.39 is 11.9 Å². The number of imide groups is 1. The maximum absolute atomic E-state index is 12.7. The molecule has 0 saturated heterocycles. The van der Waals surface area contributed by atoms with Gasteiger partial charge in [0.15, 0.2) is 0 Å². The molecule has 0 spiro atoms. The smallest absolute Gasteiger partial charge is 0.294 e. The molecule has 0 atom stereocenters. The molecular formula is C19H19BrCl2N2O2. The average molecular weight is 458 g/mol. The van der Waals surface area contributed by atoms with Gasteiger partial charge in [-0.15, -0.1) is 0 Å². The van der Waals surface area contributed by atoms with Gasteiger partial charge >= 0.3 is 6.03 Å². The summed E-state index contributed by atoms with van der Waals surface area (Å²) in [6, 6.07) is 11.6. The molecule has 0 bridgehead atoms. The molecule has 0 aromatic heterocycles. The van der Waals surface area contributed by atoms with Crippen LogP contribution in [0, 0.1) is 0 Å². The number of nitrogens with one attached hydrogen (secondary N) is 1. The lowest BCUT2D eigenvalue weighted by molar-refractivity contribution is 0.0966. The molecule has 2 rings (SSSR count). The second-order valence-electron chi connectivity index (χ2n) is 5.69. The van der Waals surface area contributed by atoms with E-state index in [2.05, 4.69) is 28.2 Å². The zero-order chi connectivity index (χ0) is 19.1. The van der Waals surface area contributed by atoms with E-state index in [-0.39, 0.29) is 15.6 Å². The first-order chi connectivity index (χ1) is 12.4. The van der Waals surface area contributed by atoms with Gasteiger partial charge in [0.2, 0.25) is 0 Å². The number of hydrogen-bond donors (Lipinski definition) is 1. The van der Waals surface area contributed by atoms with Gasteiger partial charge in [0.1, 0.15) is 0 Å². The largest absolute Gasteiger partial charge is 0.328 e. The highest BCUT2D eigenvalue weighted by molar-refractivity contribution is 9.10. The molecule has 0 heterocycles. The molecule has 1 N–H and O–H groups in total. The van der Waals surface area contributed by atoms with Crippen LogP contribution >= 0.6 is 39.1 Å². The van der Waals surface area contributed by atoms with Crippen LogP contribution in [0.15, 0.2) is 46.9 Å². The summed E-state index contributed by atoms with van der Waals surface area (Å²) in [6.07, 6.45) is 2.86. The minimum Gasteiger partial charge on any atom is -0.294 e. The van der Waals surface area contributed by atoms with Gasteiger partial charge in [0.25, 0.3) is 5.91 Å². The number of carbonyl (C=O) groups is 2. The fourth-order valence-electron chi connectivity index (χ4n) is 2.43. The number of rotatable bonds is 6. The average Bonchev–Trinajstić information content (AvgIpc) is 2.59. The van der Waals surface area contributed by atoms with Crippen molar-refractivity contribution < 1.29 is 9.59 Å². The van der Waals surface area contributed by atoms with Gasteiger partial charge < -0.3 is 0 Å². The minimum atomic E-state index is -0.622. The Morgan fingerprint density at radius 2 is 1.65 bits per heavy atom. The maximum Gasteiger partial charge on any atom is 0.328 e. The van der Waals surface area contributed by atoms with Gasteiger partial charge in [-0.1, -0.05) is 65.0 Å². The third-order valence-corrected chi connectivity index (χ3v) is 4.94. The quantitative estimate of drug-likeness (QED) is 0.517. The first-order valence-corrected chi connectivity index (χ1v) is 9.81. The van der Waals surface area contributed by atoms with Crippen molar-refractivity contribution in [3.63, 3.8) is 0 Å². The summed E-state index contributed by atoms with van der Waals surface area (Å²) in [5.41, 5.74) is 0.799.